The van der Waals surface area contributed by atoms with E-state index in [1.165, 1.54) is 0 Å². The number of nitrogens with one attached hydrogen (secondary N) is 1. The fourth-order valence-electron chi connectivity index (χ4n) is 2.80. The molecular formula is C16H32N2O3. The minimum Gasteiger partial charge on any atom is -0.465 e. The first-order chi connectivity index (χ1) is 10.1. The lowest BCUT2D eigenvalue weighted by atomic mass is 9.95. The predicted octanol–water partition coefficient (Wildman–Crippen LogP) is 1.81. The van der Waals surface area contributed by atoms with Crippen molar-refractivity contribution in [3.05, 3.63) is 0 Å². The maximum atomic E-state index is 12.2. The van der Waals surface area contributed by atoms with Crippen LogP contribution >= 0.6 is 0 Å². The molecule has 0 aromatic heterocycles. The number of ether oxygens (including phenoxy) is 2. The summed E-state index contributed by atoms with van der Waals surface area (Å²) in [6.07, 6.45) is 4.29. The van der Waals surface area contributed by atoms with Crippen LogP contribution in [0.5, 0.6) is 0 Å². The van der Waals surface area contributed by atoms with E-state index < -0.39 is 5.54 Å². The van der Waals surface area contributed by atoms with Gasteiger partial charge in [-0.2, -0.15) is 0 Å². The zero-order valence-electron chi connectivity index (χ0n) is 14.1. The first-order valence-electron chi connectivity index (χ1n) is 8.23. The molecule has 1 rings (SSSR count). The fourth-order valence-corrected chi connectivity index (χ4v) is 2.80. The zero-order valence-corrected chi connectivity index (χ0v) is 14.1. The van der Waals surface area contributed by atoms with Crippen molar-refractivity contribution in [1.29, 1.82) is 0 Å². The summed E-state index contributed by atoms with van der Waals surface area (Å²) in [5.74, 6) is -0.130. The summed E-state index contributed by atoms with van der Waals surface area (Å²) in [4.78, 5) is 14.6. The van der Waals surface area contributed by atoms with Crippen LogP contribution in [0.1, 0.15) is 46.5 Å². The molecule has 0 spiro atoms. The van der Waals surface area contributed by atoms with Gasteiger partial charge in [0.1, 0.15) is 5.54 Å². The Labute approximate surface area is 129 Å². The Morgan fingerprint density at radius 2 is 2.19 bits per heavy atom. The normalized spacial score (nSPS) is 22.2. The van der Waals surface area contributed by atoms with E-state index in [1.54, 1.807) is 7.11 Å². The maximum Gasteiger partial charge on any atom is 0.326 e. The van der Waals surface area contributed by atoms with Crippen molar-refractivity contribution in [1.82, 2.24) is 10.2 Å². The highest BCUT2D eigenvalue weighted by Gasteiger charge is 2.33. The molecule has 0 amide bonds. The summed E-state index contributed by atoms with van der Waals surface area (Å²) in [7, 11) is 1.78. The van der Waals surface area contributed by atoms with Crippen LogP contribution in [0.25, 0.3) is 0 Å². The Bertz CT molecular complexity index is 312. The van der Waals surface area contributed by atoms with Crippen molar-refractivity contribution in [2.45, 2.75) is 58.1 Å². The molecule has 0 saturated carbocycles. The number of rotatable bonds is 10. The molecule has 21 heavy (non-hydrogen) atoms. The second-order valence-corrected chi connectivity index (χ2v) is 6.03. The monoisotopic (exact) mass is 300 g/mol. The zero-order chi connectivity index (χ0) is 15.7. The summed E-state index contributed by atoms with van der Waals surface area (Å²) in [6.45, 7) is 10.3. The third-order valence-electron chi connectivity index (χ3n) is 4.20. The number of nitrogens with zero attached hydrogens (tertiary/aromatic N) is 1. The molecule has 0 aromatic rings. The van der Waals surface area contributed by atoms with Gasteiger partial charge in [-0.25, -0.2) is 0 Å². The SMILES string of the molecule is CCCNC(C)(CCCN1CCC(OC)C1)C(=O)OCC. The molecule has 1 heterocycles. The summed E-state index contributed by atoms with van der Waals surface area (Å²) in [6, 6.07) is 0. The third kappa shape index (κ3) is 5.93. The van der Waals surface area contributed by atoms with Gasteiger partial charge < -0.3 is 19.7 Å². The number of hydrogen-bond acceptors (Lipinski definition) is 5. The molecular weight excluding hydrogens is 268 g/mol. The van der Waals surface area contributed by atoms with E-state index in [9.17, 15) is 4.79 Å². The second-order valence-electron chi connectivity index (χ2n) is 6.03. The Kier molecular flexibility index (Phi) is 8.22. The van der Waals surface area contributed by atoms with Crippen molar-refractivity contribution in [2.24, 2.45) is 0 Å². The molecule has 5 heteroatoms. The van der Waals surface area contributed by atoms with Gasteiger partial charge in [-0.1, -0.05) is 6.92 Å². The average Bonchev–Trinajstić information content (AvgIpc) is 2.93. The highest BCUT2D eigenvalue weighted by molar-refractivity contribution is 5.80. The molecule has 0 aromatic carbocycles. The highest BCUT2D eigenvalue weighted by atomic mass is 16.5. The summed E-state index contributed by atoms with van der Waals surface area (Å²) in [5.41, 5.74) is -0.563. The second kappa shape index (κ2) is 9.38. The number of methoxy groups -OCH3 is 1. The summed E-state index contributed by atoms with van der Waals surface area (Å²) >= 11 is 0. The van der Waals surface area contributed by atoms with E-state index in [0.717, 1.165) is 51.9 Å². The van der Waals surface area contributed by atoms with E-state index in [0.29, 0.717) is 12.7 Å². The topological polar surface area (TPSA) is 50.8 Å². The van der Waals surface area contributed by atoms with Crippen LogP contribution in [-0.4, -0.2) is 62.4 Å². The maximum absolute atomic E-state index is 12.2. The van der Waals surface area contributed by atoms with Crippen molar-refractivity contribution in [2.75, 3.05) is 39.9 Å². The van der Waals surface area contributed by atoms with Crippen LogP contribution < -0.4 is 5.32 Å². The molecule has 1 fully saturated rings. The van der Waals surface area contributed by atoms with Gasteiger partial charge in [-0.3, -0.25) is 4.79 Å². The molecule has 2 atom stereocenters. The number of likely N-dealkylation sites (tertiary alicyclic amines) is 1. The number of esters is 1. The molecule has 1 aliphatic heterocycles. The summed E-state index contributed by atoms with van der Waals surface area (Å²) < 4.78 is 10.6. The van der Waals surface area contributed by atoms with Crippen molar-refractivity contribution >= 4 is 5.97 Å². The molecule has 2 unspecified atom stereocenters. The molecule has 0 bridgehead atoms. The van der Waals surface area contributed by atoms with Crippen LogP contribution in [0, 0.1) is 0 Å². The van der Waals surface area contributed by atoms with E-state index in [1.807, 2.05) is 13.8 Å². The molecule has 0 radical (unpaired) electrons. The number of carbonyl (C=O) groups is 1. The van der Waals surface area contributed by atoms with E-state index >= 15 is 0 Å². The van der Waals surface area contributed by atoms with Gasteiger partial charge in [-0.05, 0) is 52.6 Å². The van der Waals surface area contributed by atoms with E-state index in [2.05, 4.69) is 17.1 Å². The molecule has 1 saturated heterocycles. The Morgan fingerprint density at radius 1 is 1.43 bits per heavy atom. The third-order valence-corrected chi connectivity index (χ3v) is 4.20. The van der Waals surface area contributed by atoms with Crippen LogP contribution in [-0.2, 0) is 14.3 Å². The van der Waals surface area contributed by atoms with Crippen LogP contribution in [0.4, 0.5) is 0 Å². The lowest BCUT2D eigenvalue weighted by molar-refractivity contribution is -0.150. The van der Waals surface area contributed by atoms with Crippen LogP contribution in [0.15, 0.2) is 0 Å². The predicted molar refractivity (Wildman–Crippen MR) is 84.4 cm³/mol. The van der Waals surface area contributed by atoms with Crippen molar-refractivity contribution in [3.63, 3.8) is 0 Å². The lowest BCUT2D eigenvalue weighted by Gasteiger charge is -2.29. The van der Waals surface area contributed by atoms with Gasteiger partial charge in [-0.15, -0.1) is 0 Å². The van der Waals surface area contributed by atoms with Crippen molar-refractivity contribution < 1.29 is 14.3 Å². The molecule has 1 N–H and O–H groups in total. The van der Waals surface area contributed by atoms with Gasteiger partial charge in [0.2, 0.25) is 0 Å². The van der Waals surface area contributed by atoms with Gasteiger partial charge >= 0.3 is 5.97 Å². The standard InChI is InChI=1S/C16H32N2O3/c1-5-10-17-16(3,15(19)21-6-2)9-7-11-18-12-8-14(13-18)20-4/h14,17H,5-13H2,1-4H3. The highest BCUT2D eigenvalue weighted by Crippen LogP contribution is 2.18. The van der Waals surface area contributed by atoms with Crippen LogP contribution in [0.2, 0.25) is 0 Å². The first kappa shape index (κ1) is 18.4. The molecule has 5 nitrogen and oxygen atoms in total. The largest absolute Gasteiger partial charge is 0.465 e. The smallest absolute Gasteiger partial charge is 0.326 e. The van der Waals surface area contributed by atoms with Gasteiger partial charge in [0, 0.05) is 20.2 Å². The fraction of sp³-hybridized carbons (Fsp3) is 0.938. The van der Waals surface area contributed by atoms with Gasteiger partial charge in [0.05, 0.1) is 12.7 Å². The van der Waals surface area contributed by atoms with E-state index in [4.69, 9.17) is 9.47 Å². The van der Waals surface area contributed by atoms with Gasteiger partial charge in [0.15, 0.2) is 0 Å². The molecule has 124 valence electrons. The van der Waals surface area contributed by atoms with Gasteiger partial charge in [0.25, 0.3) is 0 Å². The molecule has 0 aliphatic carbocycles. The minimum absolute atomic E-state index is 0.130. The first-order valence-corrected chi connectivity index (χ1v) is 8.23. The number of hydrogen-bond donors (Lipinski definition) is 1. The lowest BCUT2D eigenvalue weighted by Crippen LogP contribution is -2.51. The van der Waals surface area contributed by atoms with Crippen molar-refractivity contribution in [3.8, 4) is 0 Å². The number of carbonyl (C=O) groups excluding carboxylic acids is 1. The Hall–Kier alpha value is -0.650. The quantitative estimate of drug-likeness (QED) is 0.624. The van der Waals surface area contributed by atoms with E-state index in [-0.39, 0.29) is 5.97 Å². The Balaban J connectivity index is 2.40. The Morgan fingerprint density at radius 3 is 2.76 bits per heavy atom. The molecule has 1 aliphatic rings. The average molecular weight is 300 g/mol. The van der Waals surface area contributed by atoms with Crippen LogP contribution in [0.3, 0.4) is 0 Å². The minimum atomic E-state index is -0.563. The summed E-state index contributed by atoms with van der Waals surface area (Å²) in [5, 5.41) is 3.36.